The molecule has 5 nitrogen and oxygen atoms in total. The smallest absolute Gasteiger partial charge is 0.255 e. The molecule has 0 aliphatic carbocycles. The number of nitrogens with one attached hydrogen (secondary N) is 1. The van der Waals surface area contributed by atoms with E-state index in [2.05, 4.69) is 5.32 Å². The van der Waals surface area contributed by atoms with E-state index < -0.39 is 5.82 Å². The zero-order valence-electron chi connectivity index (χ0n) is 16.5. The number of amides is 1. The summed E-state index contributed by atoms with van der Waals surface area (Å²) in [7, 11) is 0. The number of aromatic nitrogens is 1. The number of nitrogens with zero attached hydrogens (tertiary/aromatic N) is 1. The quantitative estimate of drug-likeness (QED) is 0.493. The highest BCUT2D eigenvalue weighted by Gasteiger charge is 2.09. The molecule has 0 radical (unpaired) electrons. The zero-order chi connectivity index (χ0) is 21.6. The molecule has 154 valence electrons. The van der Waals surface area contributed by atoms with Crippen molar-refractivity contribution < 1.29 is 13.9 Å². The molecule has 0 aliphatic heterocycles. The lowest BCUT2D eigenvalue weighted by Crippen LogP contribution is -2.19. The second kappa shape index (κ2) is 9.09. The summed E-state index contributed by atoms with van der Waals surface area (Å²) < 4.78 is 20.5. The topological polar surface area (TPSA) is 60.3 Å². The summed E-state index contributed by atoms with van der Waals surface area (Å²) in [5, 5.41) is 2.75. The van der Waals surface area contributed by atoms with Gasteiger partial charge in [-0.15, -0.1) is 0 Å². The van der Waals surface area contributed by atoms with Gasteiger partial charge in [-0.25, -0.2) is 4.39 Å². The van der Waals surface area contributed by atoms with Crippen molar-refractivity contribution in [3.8, 4) is 11.4 Å². The second-order valence-electron chi connectivity index (χ2n) is 6.86. The molecular weight excluding hydrogens is 395 g/mol. The first-order valence-corrected chi connectivity index (χ1v) is 9.65. The van der Waals surface area contributed by atoms with Gasteiger partial charge < -0.3 is 10.1 Å². The molecule has 4 rings (SSSR count). The van der Waals surface area contributed by atoms with Crippen molar-refractivity contribution in [3.63, 3.8) is 0 Å². The fourth-order valence-electron chi connectivity index (χ4n) is 3.04. The molecule has 0 bridgehead atoms. The molecule has 0 fully saturated rings. The third kappa shape index (κ3) is 5.05. The third-order valence-electron chi connectivity index (χ3n) is 4.62. The Hall–Kier alpha value is -4.19. The molecule has 6 heteroatoms. The van der Waals surface area contributed by atoms with E-state index in [1.54, 1.807) is 30.3 Å². The predicted octanol–water partition coefficient (Wildman–Crippen LogP) is 4.81. The summed E-state index contributed by atoms with van der Waals surface area (Å²) in [4.78, 5) is 24.7. The summed E-state index contributed by atoms with van der Waals surface area (Å²) in [5.41, 5.74) is 1.95. The monoisotopic (exact) mass is 414 g/mol. The lowest BCUT2D eigenvalue weighted by atomic mass is 10.2. The molecule has 1 amide bonds. The lowest BCUT2D eigenvalue weighted by molar-refractivity contribution is 0.102. The number of hydrogen-bond donors (Lipinski definition) is 1. The molecule has 0 atom stereocenters. The van der Waals surface area contributed by atoms with E-state index in [0.29, 0.717) is 29.3 Å². The SMILES string of the molecule is O=C(Nc1ccc(=O)n(-c2cccc(F)c2)c1)c1ccc(OCc2ccccc2)cc1. The molecule has 1 N–H and O–H groups in total. The Morgan fingerprint density at radius 3 is 2.42 bits per heavy atom. The average Bonchev–Trinajstić information content (AvgIpc) is 2.80. The Bertz CT molecular complexity index is 1250. The zero-order valence-corrected chi connectivity index (χ0v) is 16.5. The molecule has 0 spiro atoms. The highest BCUT2D eigenvalue weighted by atomic mass is 19.1. The lowest BCUT2D eigenvalue weighted by Gasteiger charge is -2.10. The average molecular weight is 414 g/mol. The van der Waals surface area contributed by atoms with Gasteiger partial charge in [0.2, 0.25) is 0 Å². The van der Waals surface area contributed by atoms with Crippen LogP contribution in [0.1, 0.15) is 15.9 Å². The Kier molecular flexibility index (Phi) is 5.89. The van der Waals surface area contributed by atoms with Crippen molar-refractivity contribution in [2.24, 2.45) is 0 Å². The van der Waals surface area contributed by atoms with Crippen LogP contribution in [0.3, 0.4) is 0 Å². The molecule has 0 saturated heterocycles. The van der Waals surface area contributed by atoms with Gasteiger partial charge in [0, 0.05) is 17.8 Å². The number of hydrogen-bond acceptors (Lipinski definition) is 3. The van der Waals surface area contributed by atoms with Gasteiger partial charge in [0.1, 0.15) is 18.2 Å². The van der Waals surface area contributed by atoms with Crippen molar-refractivity contribution in [1.82, 2.24) is 4.57 Å². The summed E-state index contributed by atoms with van der Waals surface area (Å²) in [6.07, 6.45) is 1.46. The largest absolute Gasteiger partial charge is 0.489 e. The van der Waals surface area contributed by atoms with Crippen molar-refractivity contribution in [3.05, 3.63) is 124 Å². The minimum Gasteiger partial charge on any atom is -0.489 e. The first kappa shape index (κ1) is 20.1. The maximum absolute atomic E-state index is 13.5. The van der Waals surface area contributed by atoms with Gasteiger partial charge in [-0.3, -0.25) is 14.2 Å². The number of carbonyl (C=O) groups is 1. The second-order valence-corrected chi connectivity index (χ2v) is 6.86. The Morgan fingerprint density at radius 1 is 0.903 bits per heavy atom. The Balaban J connectivity index is 1.44. The minimum atomic E-state index is -0.451. The number of ether oxygens (including phenoxy) is 1. The molecule has 1 aromatic heterocycles. The highest BCUT2D eigenvalue weighted by molar-refractivity contribution is 6.04. The van der Waals surface area contributed by atoms with Crippen molar-refractivity contribution >= 4 is 11.6 Å². The first-order chi connectivity index (χ1) is 15.1. The molecule has 0 saturated carbocycles. The van der Waals surface area contributed by atoms with Gasteiger partial charge >= 0.3 is 0 Å². The van der Waals surface area contributed by atoms with E-state index >= 15 is 0 Å². The summed E-state index contributed by atoms with van der Waals surface area (Å²) in [6, 6.07) is 25.1. The molecule has 4 aromatic rings. The van der Waals surface area contributed by atoms with Crippen molar-refractivity contribution in [2.45, 2.75) is 6.61 Å². The van der Waals surface area contributed by atoms with Gasteiger partial charge in [-0.05, 0) is 54.1 Å². The van der Waals surface area contributed by atoms with Crippen LogP contribution in [-0.2, 0) is 6.61 Å². The fourth-order valence-corrected chi connectivity index (χ4v) is 3.04. The van der Waals surface area contributed by atoms with Crippen LogP contribution in [0.4, 0.5) is 10.1 Å². The number of pyridine rings is 1. The number of carbonyl (C=O) groups excluding carboxylic acids is 1. The standard InChI is InChI=1S/C25H19FN2O3/c26-20-7-4-8-22(15-20)28-16-21(11-14-24(28)29)27-25(30)19-9-12-23(13-10-19)31-17-18-5-2-1-3-6-18/h1-16H,17H2,(H,27,30). The molecule has 31 heavy (non-hydrogen) atoms. The van der Waals surface area contributed by atoms with Gasteiger partial charge in [-0.2, -0.15) is 0 Å². The van der Waals surface area contributed by atoms with E-state index in [-0.39, 0.29) is 11.5 Å². The van der Waals surface area contributed by atoms with Crippen LogP contribution in [0, 0.1) is 5.82 Å². The number of benzene rings is 3. The summed E-state index contributed by atoms with van der Waals surface area (Å²) in [5.74, 6) is -0.132. The molecule has 1 heterocycles. The summed E-state index contributed by atoms with van der Waals surface area (Å²) in [6.45, 7) is 0.438. The normalized spacial score (nSPS) is 10.5. The van der Waals surface area contributed by atoms with Gasteiger partial charge in [-0.1, -0.05) is 36.4 Å². The van der Waals surface area contributed by atoms with Gasteiger partial charge in [0.25, 0.3) is 11.5 Å². The van der Waals surface area contributed by atoms with E-state index in [4.69, 9.17) is 4.74 Å². The van der Waals surface area contributed by atoms with Crippen LogP contribution < -0.4 is 15.6 Å². The van der Waals surface area contributed by atoms with Crippen molar-refractivity contribution in [2.75, 3.05) is 5.32 Å². The molecule has 3 aromatic carbocycles. The number of anilines is 1. The number of halogens is 1. The third-order valence-corrected chi connectivity index (χ3v) is 4.62. The molecule has 0 unspecified atom stereocenters. The van der Waals surface area contributed by atoms with E-state index in [1.165, 1.54) is 41.1 Å². The Morgan fingerprint density at radius 2 is 1.68 bits per heavy atom. The predicted molar refractivity (Wildman–Crippen MR) is 117 cm³/mol. The first-order valence-electron chi connectivity index (χ1n) is 9.65. The van der Waals surface area contributed by atoms with Crippen LogP contribution in [0.25, 0.3) is 5.69 Å². The molecular formula is C25H19FN2O3. The molecule has 0 aliphatic rings. The van der Waals surface area contributed by atoms with Crippen LogP contribution >= 0.6 is 0 Å². The Labute approximate surface area is 178 Å². The van der Waals surface area contributed by atoms with E-state index in [1.807, 2.05) is 30.3 Å². The summed E-state index contributed by atoms with van der Waals surface area (Å²) >= 11 is 0. The maximum Gasteiger partial charge on any atom is 0.255 e. The minimum absolute atomic E-state index is 0.330. The van der Waals surface area contributed by atoms with Gasteiger partial charge in [0.05, 0.1) is 11.4 Å². The van der Waals surface area contributed by atoms with Crippen LogP contribution in [0.5, 0.6) is 5.75 Å². The maximum atomic E-state index is 13.5. The van der Waals surface area contributed by atoms with E-state index in [9.17, 15) is 14.0 Å². The number of rotatable bonds is 6. The fraction of sp³-hybridized carbons (Fsp3) is 0.0400. The van der Waals surface area contributed by atoms with E-state index in [0.717, 1.165) is 5.56 Å². The highest BCUT2D eigenvalue weighted by Crippen LogP contribution is 2.16. The van der Waals surface area contributed by atoms with Crippen molar-refractivity contribution in [1.29, 1.82) is 0 Å². The van der Waals surface area contributed by atoms with Crippen LogP contribution in [0.2, 0.25) is 0 Å². The van der Waals surface area contributed by atoms with Crippen LogP contribution in [-0.4, -0.2) is 10.5 Å². The van der Waals surface area contributed by atoms with Crippen LogP contribution in [0.15, 0.2) is 102 Å². The van der Waals surface area contributed by atoms with Gasteiger partial charge in [0.15, 0.2) is 0 Å².